The van der Waals surface area contributed by atoms with Gasteiger partial charge in [0.05, 0.1) is 0 Å². The molecule has 0 aliphatic carbocycles. The molecule has 0 radical (unpaired) electrons. The fraction of sp³-hybridized carbons (Fsp3) is 0.0204. The maximum Gasteiger partial charge on any atom is 0.170 e. The Bertz CT molecular complexity index is 2410. The summed E-state index contributed by atoms with van der Waals surface area (Å²) in [7, 11) is 0. The summed E-state index contributed by atoms with van der Waals surface area (Å²) in [6.07, 6.45) is -0.478. The second-order valence-corrected chi connectivity index (χ2v) is 13.1. The van der Waals surface area contributed by atoms with Crippen LogP contribution in [0.25, 0.3) is 33.0 Å². The molecule has 1 N–H and O–H groups in total. The van der Waals surface area contributed by atoms with Gasteiger partial charge in [0, 0.05) is 33.8 Å². The average Bonchev–Trinajstić information content (AvgIpc) is 3.25. The summed E-state index contributed by atoms with van der Waals surface area (Å²) in [5, 5.41) is 5.79. The van der Waals surface area contributed by atoms with E-state index in [0.29, 0.717) is 0 Å². The maximum atomic E-state index is 5.28. The summed E-state index contributed by atoms with van der Waals surface area (Å²) in [5.41, 5.74) is 10.9. The van der Waals surface area contributed by atoms with Gasteiger partial charge in [0.15, 0.2) is 6.17 Å². The Morgan fingerprint density at radius 2 is 0.755 bits per heavy atom. The highest BCUT2D eigenvalue weighted by molar-refractivity contribution is 6.16. The smallest absolute Gasteiger partial charge is 0.170 e. The first kappa shape index (κ1) is 31.9. The van der Waals surface area contributed by atoms with E-state index < -0.39 is 6.17 Å². The third-order valence-electron chi connectivity index (χ3n) is 9.71. The molecule has 0 amide bonds. The van der Waals surface area contributed by atoms with Gasteiger partial charge in [-0.1, -0.05) is 170 Å². The van der Waals surface area contributed by atoms with Crippen LogP contribution >= 0.6 is 0 Å². The van der Waals surface area contributed by atoms with Gasteiger partial charge in [-0.05, 0) is 69.4 Å². The van der Waals surface area contributed by atoms with Gasteiger partial charge >= 0.3 is 0 Å². The van der Waals surface area contributed by atoms with Crippen molar-refractivity contribution in [2.24, 2.45) is 9.98 Å². The molecule has 8 aromatic rings. The number of fused-ring (bicyclic) bond motifs is 1. The third-order valence-corrected chi connectivity index (χ3v) is 9.71. The first-order valence-electron chi connectivity index (χ1n) is 17.9. The van der Waals surface area contributed by atoms with Crippen molar-refractivity contribution >= 4 is 39.5 Å². The van der Waals surface area contributed by atoms with Crippen molar-refractivity contribution in [1.29, 1.82) is 0 Å². The van der Waals surface area contributed by atoms with E-state index in [-0.39, 0.29) is 0 Å². The normalized spacial score (nSPS) is 12.8. The second kappa shape index (κ2) is 14.3. The highest BCUT2D eigenvalue weighted by Gasteiger charge is 2.24. The molecule has 0 atom stereocenters. The zero-order valence-corrected chi connectivity index (χ0v) is 29.0. The molecule has 8 aromatic carbocycles. The van der Waals surface area contributed by atoms with E-state index in [4.69, 9.17) is 9.98 Å². The number of hydrogen-bond donors (Lipinski definition) is 1. The molecule has 9 rings (SSSR count). The van der Waals surface area contributed by atoms with Crippen molar-refractivity contribution < 1.29 is 0 Å². The molecule has 0 saturated carbocycles. The van der Waals surface area contributed by atoms with Crippen molar-refractivity contribution in [3.8, 4) is 22.3 Å². The molecule has 0 fully saturated rings. The maximum absolute atomic E-state index is 5.28. The quantitative estimate of drug-likeness (QED) is 0.173. The first-order valence-corrected chi connectivity index (χ1v) is 17.9. The Hall–Kier alpha value is -7.04. The zero-order valence-electron chi connectivity index (χ0n) is 29.0. The minimum Gasteiger partial charge on any atom is -0.324 e. The summed E-state index contributed by atoms with van der Waals surface area (Å²) in [5.74, 6) is 1.59. The van der Waals surface area contributed by atoms with E-state index in [0.717, 1.165) is 56.2 Å². The zero-order chi connectivity index (χ0) is 35.4. The standard InChI is InChI=1S/C49H36N4/c1-5-15-35(16-6-1)37-25-29-42(30-26-37)53(43-31-27-38(28-32-43)36-17-7-2-8-18-36)44-33-41-23-13-14-24-45(41)46(34-44)49-51-47(39-19-9-3-10-20-39)50-48(52-49)40-21-11-4-12-22-40/h1-34,49H,(H,50,51,52). The molecule has 1 aliphatic rings. The van der Waals surface area contributed by atoms with Gasteiger partial charge in [-0.3, -0.25) is 0 Å². The molecule has 4 heteroatoms. The van der Waals surface area contributed by atoms with Gasteiger partial charge in [0.25, 0.3) is 0 Å². The SMILES string of the molecule is c1ccc(C2=NC(c3cc(N(c4ccc(-c5ccccc5)cc4)c4ccc(-c5ccccc5)cc4)cc4ccccc34)N=C(c3ccccc3)N2)cc1. The fourth-order valence-electron chi connectivity index (χ4n) is 7.06. The molecule has 252 valence electrons. The van der Waals surface area contributed by atoms with E-state index in [2.05, 4.69) is 180 Å². The number of anilines is 3. The molecule has 4 nitrogen and oxygen atoms in total. The molecule has 0 spiro atoms. The fourth-order valence-corrected chi connectivity index (χ4v) is 7.06. The number of amidine groups is 2. The molecule has 1 aliphatic heterocycles. The van der Waals surface area contributed by atoms with Crippen LogP contribution in [0.3, 0.4) is 0 Å². The van der Waals surface area contributed by atoms with Gasteiger partial charge in [-0.25, -0.2) is 9.98 Å². The van der Waals surface area contributed by atoms with Crippen LogP contribution in [0.15, 0.2) is 216 Å². The average molecular weight is 681 g/mol. The van der Waals surface area contributed by atoms with Gasteiger partial charge in [0.1, 0.15) is 11.7 Å². The van der Waals surface area contributed by atoms with Crippen LogP contribution in [0.5, 0.6) is 0 Å². The highest BCUT2D eigenvalue weighted by atomic mass is 15.2. The van der Waals surface area contributed by atoms with Crippen molar-refractivity contribution in [3.05, 3.63) is 223 Å². The summed E-state index contributed by atoms with van der Waals surface area (Å²) in [6.45, 7) is 0. The molecule has 0 saturated heterocycles. The molecule has 1 heterocycles. The third kappa shape index (κ3) is 6.62. The Labute approximate surface area is 310 Å². The Kier molecular flexibility index (Phi) is 8.61. The molecule has 0 aromatic heterocycles. The molecular weight excluding hydrogens is 645 g/mol. The van der Waals surface area contributed by atoms with Crippen LogP contribution in [0, 0.1) is 0 Å². The lowest BCUT2D eigenvalue weighted by molar-refractivity contribution is 0.762. The molecule has 0 bridgehead atoms. The van der Waals surface area contributed by atoms with E-state index in [1.54, 1.807) is 0 Å². The predicted octanol–water partition coefficient (Wildman–Crippen LogP) is 12.1. The van der Waals surface area contributed by atoms with E-state index in [1.165, 1.54) is 22.3 Å². The first-order chi connectivity index (χ1) is 26.3. The summed E-state index contributed by atoms with van der Waals surface area (Å²) < 4.78 is 0. The van der Waals surface area contributed by atoms with Crippen LogP contribution < -0.4 is 10.2 Å². The number of benzene rings is 8. The summed E-state index contributed by atoms with van der Waals surface area (Å²) >= 11 is 0. The lowest BCUT2D eigenvalue weighted by Crippen LogP contribution is -2.36. The number of nitrogens with zero attached hydrogens (tertiary/aromatic N) is 3. The van der Waals surface area contributed by atoms with Crippen LogP contribution in [-0.2, 0) is 0 Å². The summed E-state index contributed by atoms with van der Waals surface area (Å²) in [6, 6.07) is 72.4. The van der Waals surface area contributed by atoms with Crippen molar-refractivity contribution in [2.75, 3.05) is 4.90 Å². The minimum atomic E-state index is -0.478. The van der Waals surface area contributed by atoms with E-state index in [1.807, 2.05) is 36.4 Å². The lowest BCUT2D eigenvalue weighted by Gasteiger charge is -2.28. The number of hydrogen-bond acceptors (Lipinski definition) is 4. The molecule has 53 heavy (non-hydrogen) atoms. The monoisotopic (exact) mass is 680 g/mol. The van der Waals surface area contributed by atoms with Gasteiger partial charge < -0.3 is 10.2 Å². The largest absolute Gasteiger partial charge is 0.324 e. The highest BCUT2D eigenvalue weighted by Crippen LogP contribution is 2.41. The van der Waals surface area contributed by atoms with E-state index in [9.17, 15) is 0 Å². The number of rotatable bonds is 8. The van der Waals surface area contributed by atoms with Gasteiger partial charge in [0.2, 0.25) is 0 Å². The predicted molar refractivity (Wildman–Crippen MR) is 221 cm³/mol. The number of nitrogens with one attached hydrogen (secondary N) is 1. The van der Waals surface area contributed by atoms with Crippen molar-refractivity contribution in [3.63, 3.8) is 0 Å². The summed E-state index contributed by atoms with van der Waals surface area (Å²) in [4.78, 5) is 12.9. The second-order valence-electron chi connectivity index (χ2n) is 13.1. The molecular formula is C49H36N4. The lowest BCUT2D eigenvalue weighted by atomic mass is 9.99. The van der Waals surface area contributed by atoms with Crippen molar-refractivity contribution in [2.45, 2.75) is 6.17 Å². The van der Waals surface area contributed by atoms with Crippen molar-refractivity contribution in [1.82, 2.24) is 5.32 Å². The Balaban J connectivity index is 1.21. The topological polar surface area (TPSA) is 40.0 Å². The van der Waals surface area contributed by atoms with Gasteiger partial charge in [-0.2, -0.15) is 0 Å². The van der Waals surface area contributed by atoms with Crippen LogP contribution in [0.2, 0.25) is 0 Å². The number of aliphatic imine (C=N–C) groups is 2. The van der Waals surface area contributed by atoms with Crippen LogP contribution in [-0.4, -0.2) is 11.7 Å². The van der Waals surface area contributed by atoms with Gasteiger partial charge in [-0.15, -0.1) is 0 Å². The van der Waals surface area contributed by atoms with Crippen LogP contribution in [0.4, 0.5) is 17.1 Å². The van der Waals surface area contributed by atoms with E-state index >= 15 is 0 Å². The van der Waals surface area contributed by atoms with Crippen LogP contribution in [0.1, 0.15) is 22.9 Å². The Morgan fingerprint density at radius 3 is 1.23 bits per heavy atom. The minimum absolute atomic E-state index is 0.478. The Morgan fingerprint density at radius 1 is 0.358 bits per heavy atom. The molecule has 0 unspecified atom stereocenters.